The molecule has 15 heavy (non-hydrogen) atoms. The van der Waals surface area contributed by atoms with Gasteiger partial charge in [-0.05, 0) is 24.1 Å². The fraction of sp³-hybridized carbons (Fsp3) is 0.500. The predicted octanol–water partition coefficient (Wildman–Crippen LogP) is 2.08. The number of phenolic OH excluding ortho intramolecular Hbond substituents is 1. The van der Waals surface area contributed by atoms with Crippen LogP contribution in [-0.4, -0.2) is 33.6 Å². The summed E-state index contributed by atoms with van der Waals surface area (Å²) >= 11 is 2.15. The van der Waals surface area contributed by atoms with E-state index in [4.69, 9.17) is 0 Å². The Morgan fingerprint density at radius 1 is 1.20 bits per heavy atom. The van der Waals surface area contributed by atoms with Crippen molar-refractivity contribution in [3.05, 3.63) is 29.8 Å². The summed E-state index contributed by atoms with van der Waals surface area (Å²) in [6.07, 6.45) is 1.43. The van der Waals surface area contributed by atoms with Gasteiger partial charge >= 0.3 is 0 Å². The van der Waals surface area contributed by atoms with Crippen LogP contribution >= 0.6 is 11.8 Å². The molecule has 0 aliphatic carbocycles. The number of hydrogen-bond donors (Lipinski definition) is 1. The maximum Gasteiger partial charge on any atom is 0.115 e. The van der Waals surface area contributed by atoms with E-state index < -0.39 is 0 Å². The lowest BCUT2D eigenvalue weighted by atomic mass is 10.1. The van der Waals surface area contributed by atoms with Crippen LogP contribution < -0.4 is 0 Å². The molecular weight excluding hydrogens is 206 g/mol. The van der Waals surface area contributed by atoms with Gasteiger partial charge < -0.3 is 5.11 Å². The SMILES string of the molecule is Oc1ccc(CN2CC3CC(C2)S3)cc1. The Morgan fingerprint density at radius 3 is 2.40 bits per heavy atom. The van der Waals surface area contributed by atoms with Gasteiger partial charge in [0.2, 0.25) is 0 Å². The first-order valence-corrected chi connectivity index (χ1v) is 6.39. The average molecular weight is 221 g/mol. The van der Waals surface area contributed by atoms with Crippen molar-refractivity contribution in [2.24, 2.45) is 0 Å². The molecule has 2 atom stereocenters. The molecule has 2 bridgehead atoms. The van der Waals surface area contributed by atoms with Crippen molar-refractivity contribution in [2.75, 3.05) is 13.1 Å². The molecule has 4 rings (SSSR count). The molecule has 3 heteroatoms. The Hall–Kier alpha value is -0.670. The molecule has 1 aromatic carbocycles. The van der Waals surface area contributed by atoms with E-state index in [0.29, 0.717) is 5.75 Å². The second kappa shape index (κ2) is 3.72. The fourth-order valence-corrected chi connectivity index (χ4v) is 3.90. The molecule has 1 N–H and O–H groups in total. The van der Waals surface area contributed by atoms with Crippen LogP contribution in [0, 0.1) is 0 Å². The molecule has 3 saturated heterocycles. The number of hydrogen-bond acceptors (Lipinski definition) is 3. The zero-order chi connectivity index (χ0) is 10.3. The van der Waals surface area contributed by atoms with Crippen LogP contribution in [0.3, 0.4) is 0 Å². The molecule has 2 unspecified atom stereocenters. The van der Waals surface area contributed by atoms with Gasteiger partial charge in [-0.1, -0.05) is 12.1 Å². The van der Waals surface area contributed by atoms with Gasteiger partial charge in [-0.25, -0.2) is 0 Å². The van der Waals surface area contributed by atoms with E-state index in [2.05, 4.69) is 16.7 Å². The van der Waals surface area contributed by atoms with E-state index in [0.717, 1.165) is 17.0 Å². The minimum atomic E-state index is 0.357. The highest BCUT2D eigenvalue weighted by atomic mass is 32.2. The summed E-state index contributed by atoms with van der Waals surface area (Å²) in [6, 6.07) is 7.58. The van der Waals surface area contributed by atoms with Gasteiger partial charge in [-0.15, -0.1) is 0 Å². The lowest BCUT2D eigenvalue weighted by Crippen LogP contribution is -2.50. The summed E-state index contributed by atoms with van der Waals surface area (Å²) in [6.45, 7) is 3.51. The monoisotopic (exact) mass is 221 g/mol. The summed E-state index contributed by atoms with van der Waals surface area (Å²) in [5.41, 5.74) is 1.30. The van der Waals surface area contributed by atoms with Gasteiger partial charge in [0.1, 0.15) is 5.75 Å². The minimum Gasteiger partial charge on any atom is -0.508 e. The van der Waals surface area contributed by atoms with Gasteiger partial charge in [0.05, 0.1) is 0 Å². The van der Waals surface area contributed by atoms with Crippen LogP contribution in [0.1, 0.15) is 12.0 Å². The number of aromatic hydroxyl groups is 1. The van der Waals surface area contributed by atoms with Crippen LogP contribution in [0.2, 0.25) is 0 Å². The smallest absolute Gasteiger partial charge is 0.115 e. The summed E-state index contributed by atoms with van der Waals surface area (Å²) < 4.78 is 0. The Morgan fingerprint density at radius 2 is 1.80 bits per heavy atom. The van der Waals surface area contributed by atoms with Crippen molar-refractivity contribution in [3.8, 4) is 5.75 Å². The molecule has 0 amide bonds. The maximum atomic E-state index is 9.19. The van der Waals surface area contributed by atoms with E-state index in [-0.39, 0.29) is 0 Å². The molecule has 3 heterocycles. The number of thioether (sulfide) groups is 1. The van der Waals surface area contributed by atoms with Gasteiger partial charge in [-0.3, -0.25) is 4.90 Å². The Bertz CT molecular complexity index is 335. The lowest BCUT2D eigenvalue weighted by molar-refractivity contribution is 0.215. The highest BCUT2D eigenvalue weighted by Crippen LogP contribution is 2.41. The van der Waals surface area contributed by atoms with Crippen molar-refractivity contribution in [2.45, 2.75) is 23.5 Å². The topological polar surface area (TPSA) is 23.5 Å². The van der Waals surface area contributed by atoms with Gasteiger partial charge in [0.25, 0.3) is 0 Å². The number of nitrogens with zero attached hydrogens (tertiary/aromatic N) is 1. The van der Waals surface area contributed by atoms with Crippen LogP contribution in [0.4, 0.5) is 0 Å². The molecular formula is C12H15NOS. The van der Waals surface area contributed by atoms with Crippen molar-refractivity contribution in [1.82, 2.24) is 4.90 Å². The highest BCUT2D eigenvalue weighted by molar-refractivity contribution is 8.02. The Kier molecular flexibility index (Phi) is 2.37. The van der Waals surface area contributed by atoms with Gasteiger partial charge in [0, 0.05) is 30.1 Å². The van der Waals surface area contributed by atoms with E-state index in [1.165, 1.54) is 25.1 Å². The Balaban J connectivity index is 1.63. The van der Waals surface area contributed by atoms with E-state index in [1.807, 2.05) is 12.1 Å². The highest BCUT2D eigenvalue weighted by Gasteiger charge is 2.37. The number of phenols is 1. The number of piperidine rings is 1. The first-order chi connectivity index (χ1) is 7.29. The normalized spacial score (nSPS) is 29.9. The summed E-state index contributed by atoms with van der Waals surface area (Å²) in [7, 11) is 0. The third-order valence-corrected chi connectivity index (χ3v) is 4.63. The average Bonchev–Trinajstić information content (AvgIpc) is 2.21. The zero-order valence-electron chi connectivity index (χ0n) is 8.60. The number of rotatable bonds is 2. The van der Waals surface area contributed by atoms with Gasteiger partial charge in [0.15, 0.2) is 0 Å². The van der Waals surface area contributed by atoms with Crippen molar-refractivity contribution in [3.63, 3.8) is 0 Å². The molecule has 0 aromatic heterocycles. The maximum absolute atomic E-state index is 9.19. The summed E-state index contributed by atoms with van der Waals surface area (Å²) in [5, 5.41) is 11.0. The molecule has 80 valence electrons. The third kappa shape index (κ3) is 1.99. The van der Waals surface area contributed by atoms with Crippen molar-refractivity contribution in [1.29, 1.82) is 0 Å². The van der Waals surface area contributed by atoms with E-state index in [9.17, 15) is 5.11 Å². The molecule has 3 aliphatic rings. The zero-order valence-corrected chi connectivity index (χ0v) is 9.41. The molecule has 2 nitrogen and oxygen atoms in total. The first kappa shape index (κ1) is 9.55. The molecule has 0 saturated carbocycles. The van der Waals surface area contributed by atoms with E-state index >= 15 is 0 Å². The lowest BCUT2D eigenvalue weighted by Gasteiger charge is -2.46. The summed E-state index contributed by atoms with van der Waals surface area (Å²) in [4.78, 5) is 2.53. The first-order valence-electron chi connectivity index (χ1n) is 5.45. The Labute approximate surface area is 94.3 Å². The van der Waals surface area contributed by atoms with Crippen LogP contribution in [0.25, 0.3) is 0 Å². The largest absolute Gasteiger partial charge is 0.508 e. The number of fused-ring (bicyclic) bond motifs is 2. The second-order valence-electron chi connectivity index (χ2n) is 4.48. The van der Waals surface area contributed by atoms with Crippen LogP contribution in [-0.2, 0) is 6.54 Å². The van der Waals surface area contributed by atoms with Crippen molar-refractivity contribution < 1.29 is 5.11 Å². The van der Waals surface area contributed by atoms with Crippen LogP contribution in [0.15, 0.2) is 24.3 Å². The standard InChI is InChI=1S/C12H15NOS/c14-10-3-1-9(2-4-10)6-13-7-11-5-12(8-13)15-11/h1-4,11-12,14H,5-8H2. The molecule has 3 aliphatic heterocycles. The third-order valence-electron chi connectivity index (χ3n) is 3.18. The minimum absolute atomic E-state index is 0.357. The van der Waals surface area contributed by atoms with Gasteiger partial charge in [-0.2, -0.15) is 11.8 Å². The number of benzene rings is 1. The second-order valence-corrected chi connectivity index (χ2v) is 6.08. The summed E-state index contributed by atoms with van der Waals surface area (Å²) in [5.74, 6) is 0.357. The van der Waals surface area contributed by atoms with E-state index in [1.54, 1.807) is 12.1 Å². The molecule has 0 radical (unpaired) electrons. The molecule has 3 fully saturated rings. The quantitative estimate of drug-likeness (QED) is 0.827. The fourth-order valence-electron chi connectivity index (χ4n) is 2.43. The van der Waals surface area contributed by atoms with Crippen LogP contribution in [0.5, 0.6) is 5.75 Å². The molecule has 0 spiro atoms. The molecule has 1 aromatic rings. The van der Waals surface area contributed by atoms with Crippen molar-refractivity contribution >= 4 is 11.8 Å². The predicted molar refractivity (Wildman–Crippen MR) is 63.2 cm³/mol.